The van der Waals surface area contributed by atoms with Crippen LogP contribution in [0.4, 0.5) is 5.69 Å². The molecule has 0 amide bonds. The van der Waals surface area contributed by atoms with Crippen LogP contribution in [0.2, 0.25) is 0 Å². The second-order valence-corrected chi connectivity index (χ2v) is 9.94. The van der Waals surface area contributed by atoms with Crippen LogP contribution >= 0.6 is 0 Å². The fourth-order valence-corrected chi connectivity index (χ4v) is 5.20. The minimum atomic E-state index is -4.29. The van der Waals surface area contributed by atoms with E-state index in [1.165, 1.54) is 24.4 Å². The standard InChI is InChI=1S/C29H22N4O4S/c34-33(35)26-18-10-11-19-28(26)38(36,37)31-30-21-24-20-27(22-12-4-1-5-13-22)32(25-16-8-3-9-17-25)29(24)23-14-6-2-7-15-23/h1-21,31H/b30-21+. The van der Waals surface area contributed by atoms with Crippen LogP contribution in [0.3, 0.4) is 0 Å². The Hall–Kier alpha value is -5.02. The summed E-state index contributed by atoms with van der Waals surface area (Å²) in [6.07, 6.45) is 1.42. The average molecular weight is 523 g/mol. The summed E-state index contributed by atoms with van der Waals surface area (Å²) in [6, 6.07) is 36.5. The molecule has 5 aromatic rings. The molecule has 5 rings (SSSR count). The molecule has 188 valence electrons. The van der Waals surface area contributed by atoms with E-state index in [1.54, 1.807) is 0 Å². The molecule has 38 heavy (non-hydrogen) atoms. The first-order chi connectivity index (χ1) is 18.5. The fourth-order valence-electron chi connectivity index (χ4n) is 4.24. The molecule has 8 nitrogen and oxygen atoms in total. The highest BCUT2D eigenvalue weighted by molar-refractivity contribution is 7.89. The van der Waals surface area contributed by atoms with Crippen LogP contribution in [0.5, 0.6) is 0 Å². The van der Waals surface area contributed by atoms with Crippen LogP contribution in [-0.4, -0.2) is 24.1 Å². The maximum absolute atomic E-state index is 12.9. The number of nitrogens with one attached hydrogen (secondary N) is 1. The molecule has 0 unspecified atom stereocenters. The molecular formula is C29H22N4O4S. The van der Waals surface area contributed by atoms with Gasteiger partial charge in [0.1, 0.15) is 0 Å². The SMILES string of the molecule is O=[N+]([O-])c1ccccc1S(=O)(=O)N/N=C/c1cc(-c2ccccc2)n(-c2ccccc2)c1-c1ccccc1. The van der Waals surface area contributed by atoms with Gasteiger partial charge < -0.3 is 4.57 Å². The van der Waals surface area contributed by atoms with E-state index in [1.807, 2.05) is 97.1 Å². The summed E-state index contributed by atoms with van der Waals surface area (Å²) in [7, 11) is -4.29. The lowest BCUT2D eigenvalue weighted by Gasteiger charge is -2.15. The Kier molecular flexibility index (Phi) is 6.84. The zero-order valence-corrected chi connectivity index (χ0v) is 20.8. The molecule has 0 saturated heterocycles. The molecule has 1 heterocycles. The van der Waals surface area contributed by atoms with Crippen LogP contribution in [-0.2, 0) is 10.0 Å². The van der Waals surface area contributed by atoms with Gasteiger partial charge in [-0.05, 0) is 35.4 Å². The monoisotopic (exact) mass is 522 g/mol. The number of hydrogen-bond donors (Lipinski definition) is 1. The minimum Gasteiger partial charge on any atom is -0.309 e. The Labute approximate surface area is 219 Å². The van der Waals surface area contributed by atoms with Gasteiger partial charge in [0, 0.05) is 17.3 Å². The fraction of sp³-hybridized carbons (Fsp3) is 0. The van der Waals surface area contributed by atoms with Gasteiger partial charge in [-0.1, -0.05) is 91.0 Å². The summed E-state index contributed by atoms with van der Waals surface area (Å²) in [6.45, 7) is 0. The number of nitro benzene ring substituents is 1. The minimum absolute atomic E-state index is 0.461. The highest BCUT2D eigenvalue weighted by Gasteiger charge is 2.25. The Balaban J connectivity index is 1.64. The maximum Gasteiger partial charge on any atom is 0.289 e. The third-order valence-corrected chi connectivity index (χ3v) is 7.16. The number of benzene rings is 4. The third-order valence-electron chi connectivity index (χ3n) is 5.89. The summed E-state index contributed by atoms with van der Waals surface area (Å²) in [4.78, 5) is 12.3. The third kappa shape index (κ3) is 4.95. The molecule has 9 heteroatoms. The molecule has 0 saturated carbocycles. The number of sulfonamides is 1. The van der Waals surface area contributed by atoms with Crippen molar-refractivity contribution in [3.8, 4) is 28.2 Å². The second kappa shape index (κ2) is 10.5. The predicted molar refractivity (Wildman–Crippen MR) is 148 cm³/mol. The van der Waals surface area contributed by atoms with E-state index >= 15 is 0 Å². The molecule has 0 aliphatic heterocycles. The van der Waals surface area contributed by atoms with Gasteiger partial charge in [-0.2, -0.15) is 18.4 Å². The van der Waals surface area contributed by atoms with Crippen molar-refractivity contribution < 1.29 is 13.3 Å². The van der Waals surface area contributed by atoms with Crippen LogP contribution in [0.15, 0.2) is 131 Å². The molecule has 0 spiro atoms. The Morgan fingerprint density at radius 1 is 0.763 bits per heavy atom. The number of aromatic nitrogens is 1. The van der Waals surface area contributed by atoms with Gasteiger partial charge in [0.2, 0.25) is 0 Å². The molecule has 0 aliphatic rings. The number of para-hydroxylation sites is 2. The maximum atomic E-state index is 12.9. The smallest absolute Gasteiger partial charge is 0.289 e. The van der Waals surface area contributed by atoms with Crippen molar-refractivity contribution in [2.24, 2.45) is 5.10 Å². The molecule has 0 fully saturated rings. The summed E-state index contributed by atoms with van der Waals surface area (Å²) >= 11 is 0. The van der Waals surface area contributed by atoms with Crippen molar-refractivity contribution >= 4 is 21.9 Å². The van der Waals surface area contributed by atoms with Crippen LogP contribution in [0, 0.1) is 10.1 Å². The lowest BCUT2D eigenvalue weighted by molar-refractivity contribution is -0.387. The van der Waals surface area contributed by atoms with E-state index in [4.69, 9.17) is 0 Å². The number of rotatable bonds is 8. The molecule has 0 bridgehead atoms. The Bertz CT molecular complexity index is 1720. The summed E-state index contributed by atoms with van der Waals surface area (Å²) in [5.74, 6) is 0. The van der Waals surface area contributed by atoms with E-state index in [0.29, 0.717) is 5.56 Å². The van der Waals surface area contributed by atoms with Crippen molar-refractivity contribution in [1.29, 1.82) is 0 Å². The lowest BCUT2D eigenvalue weighted by Crippen LogP contribution is -2.19. The predicted octanol–water partition coefficient (Wildman–Crippen LogP) is 6.03. The normalized spacial score (nSPS) is 11.5. The molecular weight excluding hydrogens is 500 g/mol. The molecule has 1 N–H and O–H groups in total. The van der Waals surface area contributed by atoms with Gasteiger partial charge >= 0.3 is 0 Å². The van der Waals surface area contributed by atoms with Gasteiger partial charge in [0.25, 0.3) is 15.7 Å². The van der Waals surface area contributed by atoms with Crippen LogP contribution in [0.25, 0.3) is 28.2 Å². The number of hydrogen-bond acceptors (Lipinski definition) is 5. The van der Waals surface area contributed by atoms with Gasteiger partial charge in [-0.15, -0.1) is 0 Å². The van der Waals surface area contributed by atoms with Gasteiger partial charge in [-0.3, -0.25) is 10.1 Å². The molecule has 0 atom stereocenters. The number of hydrazone groups is 1. The van der Waals surface area contributed by atoms with Crippen molar-refractivity contribution in [3.63, 3.8) is 0 Å². The molecule has 0 radical (unpaired) electrons. The van der Waals surface area contributed by atoms with Crippen LogP contribution in [0.1, 0.15) is 5.56 Å². The van der Waals surface area contributed by atoms with Gasteiger partial charge in [0.05, 0.1) is 22.5 Å². The van der Waals surface area contributed by atoms with Crippen molar-refractivity contribution in [1.82, 2.24) is 9.40 Å². The number of nitrogens with zero attached hydrogens (tertiary/aromatic N) is 3. The average Bonchev–Trinajstić information content (AvgIpc) is 3.34. The Morgan fingerprint density at radius 2 is 1.32 bits per heavy atom. The largest absolute Gasteiger partial charge is 0.309 e. The zero-order valence-electron chi connectivity index (χ0n) is 20.0. The van der Waals surface area contributed by atoms with Crippen molar-refractivity contribution in [3.05, 3.63) is 137 Å². The summed E-state index contributed by atoms with van der Waals surface area (Å²) in [5, 5.41) is 15.4. The van der Waals surface area contributed by atoms with Crippen molar-refractivity contribution in [2.75, 3.05) is 0 Å². The van der Waals surface area contributed by atoms with E-state index in [2.05, 4.69) is 14.5 Å². The van der Waals surface area contributed by atoms with E-state index in [0.717, 1.165) is 34.3 Å². The van der Waals surface area contributed by atoms with Gasteiger partial charge in [-0.25, -0.2) is 0 Å². The zero-order chi connectivity index (χ0) is 26.5. The summed E-state index contributed by atoms with van der Waals surface area (Å²) in [5.41, 5.74) is 4.62. The second-order valence-electron chi connectivity index (χ2n) is 8.31. The van der Waals surface area contributed by atoms with E-state index in [9.17, 15) is 18.5 Å². The molecule has 0 aliphatic carbocycles. The van der Waals surface area contributed by atoms with E-state index < -0.39 is 25.5 Å². The first-order valence-corrected chi connectivity index (χ1v) is 13.1. The molecule has 4 aromatic carbocycles. The first kappa shape index (κ1) is 24.7. The van der Waals surface area contributed by atoms with Crippen molar-refractivity contribution in [2.45, 2.75) is 4.90 Å². The lowest BCUT2D eigenvalue weighted by atomic mass is 10.1. The number of nitro groups is 1. The highest BCUT2D eigenvalue weighted by atomic mass is 32.2. The molecule has 1 aromatic heterocycles. The summed E-state index contributed by atoms with van der Waals surface area (Å²) < 4.78 is 27.9. The highest BCUT2D eigenvalue weighted by Crippen LogP contribution is 2.35. The van der Waals surface area contributed by atoms with E-state index in [-0.39, 0.29) is 0 Å². The quantitative estimate of drug-likeness (QED) is 0.152. The first-order valence-electron chi connectivity index (χ1n) is 11.7. The topological polar surface area (TPSA) is 107 Å². The van der Waals surface area contributed by atoms with Gasteiger partial charge in [0.15, 0.2) is 4.90 Å². The Morgan fingerprint density at radius 3 is 1.95 bits per heavy atom. The van der Waals surface area contributed by atoms with Crippen LogP contribution < -0.4 is 4.83 Å².